The van der Waals surface area contributed by atoms with Gasteiger partial charge in [0.05, 0.1) is 6.20 Å². The Kier molecular flexibility index (Phi) is 1.72. The average Bonchev–Trinajstić information content (AvgIpc) is 2.15. The van der Waals surface area contributed by atoms with Crippen LogP contribution in [0.1, 0.15) is 13.8 Å². The van der Waals surface area contributed by atoms with Crippen LogP contribution in [0.2, 0.25) is 0 Å². The molecule has 0 aliphatic rings. The van der Waals surface area contributed by atoms with E-state index >= 15 is 0 Å². The molecule has 0 saturated heterocycles. The van der Waals surface area contributed by atoms with Crippen molar-refractivity contribution in [2.24, 2.45) is 0 Å². The number of hydrogen-bond acceptors (Lipinski definition) is 2. The summed E-state index contributed by atoms with van der Waals surface area (Å²) in [5, 5.41) is 0. The normalized spacial score (nSPS) is 10.1. The number of nitrogens with zero attached hydrogens (tertiary/aromatic N) is 2. The highest BCUT2D eigenvalue weighted by atomic mass is 16.7. The summed E-state index contributed by atoms with van der Waals surface area (Å²) in [5.41, 5.74) is 0. The fraction of sp³-hybridized carbons (Fsp3) is 0.500. The third-order valence-corrected chi connectivity index (χ3v) is 0.813. The van der Waals surface area contributed by atoms with E-state index in [9.17, 15) is 0 Å². The molecule has 0 spiro atoms. The molecule has 0 aromatic carbocycles. The van der Waals surface area contributed by atoms with E-state index in [0.29, 0.717) is 0 Å². The minimum Gasteiger partial charge on any atom is -0.410 e. The van der Waals surface area contributed by atoms with Gasteiger partial charge >= 0.3 is 0 Å². The third kappa shape index (κ3) is 1.76. The zero-order valence-corrected chi connectivity index (χ0v) is 5.61. The van der Waals surface area contributed by atoms with Gasteiger partial charge in [-0.1, -0.05) is 0 Å². The van der Waals surface area contributed by atoms with E-state index in [0.717, 1.165) is 0 Å². The van der Waals surface area contributed by atoms with Crippen LogP contribution in [0.15, 0.2) is 18.7 Å². The summed E-state index contributed by atoms with van der Waals surface area (Å²) in [7, 11) is 0. The van der Waals surface area contributed by atoms with E-state index in [1.807, 2.05) is 13.8 Å². The van der Waals surface area contributed by atoms with E-state index in [2.05, 4.69) is 4.98 Å². The van der Waals surface area contributed by atoms with Gasteiger partial charge < -0.3 is 4.84 Å². The number of imidazole rings is 1. The van der Waals surface area contributed by atoms with Gasteiger partial charge in [0.15, 0.2) is 0 Å². The molecule has 0 N–H and O–H groups in total. The quantitative estimate of drug-likeness (QED) is 0.583. The van der Waals surface area contributed by atoms with Crippen molar-refractivity contribution in [2.45, 2.75) is 20.0 Å². The highest BCUT2D eigenvalue weighted by molar-refractivity contribution is 4.69. The highest BCUT2D eigenvalue weighted by Crippen LogP contribution is 1.84. The molecule has 0 atom stereocenters. The SMILES string of the molecule is CC(C)On1ccnc1. The smallest absolute Gasteiger partial charge is 0.131 e. The first kappa shape index (κ1) is 6.13. The molecule has 0 unspecified atom stereocenters. The minimum absolute atomic E-state index is 0.208. The van der Waals surface area contributed by atoms with E-state index in [-0.39, 0.29) is 6.10 Å². The highest BCUT2D eigenvalue weighted by Gasteiger charge is 1.91. The Labute approximate surface area is 54.2 Å². The van der Waals surface area contributed by atoms with Crippen molar-refractivity contribution < 1.29 is 4.84 Å². The molecule has 0 fully saturated rings. The standard InChI is InChI=1S/C6H10N2O/c1-6(2)9-8-4-3-7-5-8/h3-6H,1-2H3. The average molecular weight is 126 g/mol. The monoisotopic (exact) mass is 126 g/mol. The van der Waals surface area contributed by atoms with Gasteiger partial charge in [0, 0.05) is 6.20 Å². The van der Waals surface area contributed by atoms with Gasteiger partial charge in [-0.15, -0.1) is 0 Å². The van der Waals surface area contributed by atoms with E-state index in [1.54, 1.807) is 23.5 Å². The number of rotatable bonds is 2. The summed E-state index contributed by atoms with van der Waals surface area (Å²) in [6.07, 6.45) is 5.28. The molecule has 0 radical (unpaired) electrons. The van der Waals surface area contributed by atoms with Crippen molar-refractivity contribution in [1.82, 2.24) is 9.71 Å². The van der Waals surface area contributed by atoms with Crippen LogP contribution < -0.4 is 4.84 Å². The first-order valence-corrected chi connectivity index (χ1v) is 2.94. The molecule has 0 bridgehead atoms. The molecule has 1 rings (SSSR count). The van der Waals surface area contributed by atoms with Gasteiger partial charge in [-0.2, -0.15) is 4.73 Å². The van der Waals surface area contributed by atoms with E-state index in [1.165, 1.54) is 0 Å². The molecular weight excluding hydrogens is 116 g/mol. The Bertz CT molecular complexity index is 158. The van der Waals surface area contributed by atoms with Crippen molar-refractivity contribution in [1.29, 1.82) is 0 Å². The second kappa shape index (κ2) is 2.53. The van der Waals surface area contributed by atoms with Gasteiger partial charge in [-0.3, -0.25) is 0 Å². The van der Waals surface area contributed by atoms with E-state index in [4.69, 9.17) is 4.84 Å². The topological polar surface area (TPSA) is 27.1 Å². The third-order valence-electron chi connectivity index (χ3n) is 0.813. The molecule has 0 saturated carbocycles. The predicted octanol–water partition coefficient (Wildman–Crippen LogP) is 0.720. The molecule has 0 amide bonds. The molecule has 0 aliphatic heterocycles. The summed E-state index contributed by atoms with van der Waals surface area (Å²) < 4.78 is 1.59. The maximum Gasteiger partial charge on any atom is 0.131 e. The van der Waals surface area contributed by atoms with Crippen molar-refractivity contribution in [3.8, 4) is 0 Å². The Morgan fingerprint density at radius 3 is 2.78 bits per heavy atom. The van der Waals surface area contributed by atoms with Crippen molar-refractivity contribution in [3.63, 3.8) is 0 Å². The van der Waals surface area contributed by atoms with Crippen LogP contribution in [0.4, 0.5) is 0 Å². The maximum atomic E-state index is 5.21. The lowest BCUT2D eigenvalue weighted by Gasteiger charge is -2.07. The molecule has 50 valence electrons. The van der Waals surface area contributed by atoms with Gasteiger partial charge in [0.25, 0.3) is 0 Å². The van der Waals surface area contributed by atoms with Crippen LogP contribution in [-0.4, -0.2) is 15.8 Å². The largest absolute Gasteiger partial charge is 0.410 e. The Balaban J connectivity index is 2.48. The number of hydrogen-bond donors (Lipinski definition) is 0. The fourth-order valence-corrected chi connectivity index (χ4v) is 0.553. The van der Waals surface area contributed by atoms with Gasteiger partial charge in [0.2, 0.25) is 0 Å². The first-order chi connectivity index (χ1) is 4.29. The summed E-state index contributed by atoms with van der Waals surface area (Å²) in [5.74, 6) is 0. The summed E-state index contributed by atoms with van der Waals surface area (Å²) in [4.78, 5) is 9.02. The first-order valence-electron chi connectivity index (χ1n) is 2.94. The van der Waals surface area contributed by atoms with Crippen LogP contribution >= 0.6 is 0 Å². The predicted molar refractivity (Wildman–Crippen MR) is 33.9 cm³/mol. The summed E-state index contributed by atoms with van der Waals surface area (Å²) in [6, 6.07) is 0. The van der Waals surface area contributed by atoms with Gasteiger partial charge in [0.1, 0.15) is 12.4 Å². The molecule has 3 heteroatoms. The zero-order valence-electron chi connectivity index (χ0n) is 5.61. The Hall–Kier alpha value is -0.990. The maximum absolute atomic E-state index is 5.21. The summed E-state index contributed by atoms with van der Waals surface area (Å²) >= 11 is 0. The lowest BCUT2D eigenvalue weighted by molar-refractivity contribution is 0.0595. The van der Waals surface area contributed by atoms with Crippen molar-refractivity contribution in [3.05, 3.63) is 18.7 Å². The molecular formula is C6H10N2O. The molecule has 3 nitrogen and oxygen atoms in total. The van der Waals surface area contributed by atoms with Crippen molar-refractivity contribution in [2.75, 3.05) is 0 Å². The van der Waals surface area contributed by atoms with Crippen LogP contribution in [0.5, 0.6) is 0 Å². The molecule has 1 aromatic heterocycles. The van der Waals surface area contributed by atoms with Crippen LogP contribution in [0.3, 0.4) is 0 Å². The van der Waals surface area contributed by atoms with E-state index < -0.39 is 0 Å². The van der Waals surface area contributed by atoms with Crippen LogP contribution in [0.25, 0.3) is 0 Å². The minimum atomic E-state index is 0.208. The molecule has 0 aliphatic carbocycles. The fourth-order valence-electron chi connectivity index (χ4n) is 0.553. The van der Waals surface area contributed by atoms with Gasteiger partial charge in [-0.25, -0.2) is 4.98 Å². The van der Waals surface area contributed by atoms with Crippen molar-refractivity contribution >= 4 is 0 Å². The lowest BCUT2D eigenvalue weighted by Crippen LogP contribution is -2.16. The number of aromatic nitrogens is 2. The second-order valence-electron chi connectivity index (χ2n) is 2.08. The van der Waals surface area contributed by atoms with Gasteiger partial charge in [-0.05, 0) is 13.8 Å². The van der Waals surface area contributed by atoms with Crippen LogP contribution in [-0.2, 0) is 0 Å². The molecule has 1 heterocycles. The Morgan fingerprint density at radius 1 is 1.56 bits per heavy atom. The second-order valence-corrected chi connectivity index (χ2v) is 2.08. The zero-order chi connectivity index (χ0) is 6.69. The lowest BCUT2D eigenvalue weighted by atomic mass is 10.5. The molecule has 1 aromatic rings. The molecule has 9 heavy (non-hydrogen) atoms. The van der Waals surface area contributed by atoms with Crippen LogP contribution in [0, 0.1) is 0 Å². The summed E-state index contributed by atoms with van der Waals surface area (Å²) in [6.45, 7) is 3.94. The Morgan fingerprint density at radius 2 is 2.33 bits per heavy atom.